The molecule has 2 aromatic rings. The van der Waals surface area contributed by atoms with Gasteiger partial charge < -0.3 is 16.4 Å². The van der Waals surface area contributed by atoms with Gasteiger partial charge in [-0.3, -0.25) is 4.79 Å². The molecule has 0 aliphatic carbocycles. The second-order valence-corrected chi connectivity index (χ2v) is 5.79. The van der Waals surface area contributed by atoms with Gasteiger partial charge in [0, 0.05) is 17.8 Å². The summed E-state index contributed by atoms with van der Waals surface area (Å²) in [6.45, 7) is 0.258. The topological polar surface area (TPSA) is 67.2 Å². The van der Waals surface area contributed by atoms with Crippen LogP contribution < -0.4 is 16.4 Å². The average molecular weight is 385 g/mol. The zero-order chi connectivity index (χ0) is 19.3. The van der Waals surface area contributed by atoms with E-state index in [2.05, 4.69) is 10.6 Å². The van der Waals surface area contributed by atoms with Gasteiger partial charge in [0.1, 0.15) is 5.82 Å². The van der Waals surface area contributed by atoms with E-state index in [1.807, 2.05) is 0 Å². The lowest BCUT2D eigenvalue weighted by Gasteiger charge is -2.12. The molecule has 138 valence electrons. The molecule has 0 unspecified atom stereocenters. The summed E-state index contributed by atoms with van der Waals surface area (Å²) in [4.78, 5) is 11.0. The van der Waals surface area contributed by atoms with E-state index in [0.29, 0.717) is 16.8 Å². The average Bonchev–Trinajstić information content (AvgIpc) is 2.56. The SMILES string of the molecule is NC(=O)c1ccc(NC(=S)NCCc2ccc(F)c(C(F)(F)F)c2)cc1. The van der Waals surface area contributed by atoms with Crippen LogP contribution in [-0.4, -0.2) is 17.6 Å². The smallest absolute Gasteiger partial charge is 0.366 e. The monoisotopic (exact) mass is 385 g/mol. The number of thiocarbonyl (C=S) groups is 1. The summed E-state index contributed by atoms with van der Waals surface area (Å²) in [7, 11) is 0. The maximum absolute atomic E-state index is 13.2. The molecule has 0 aliphatic rings. The number of amides is 1. The van der Waals surface area contributed by atoms with Crippen molar-refractivity contribution < 1.29 is 22.4 Å². The highest BCUT2D eigenvalue weighted by Crippen LogP contribution is 2.31. The van der Waals surface area contributed by atoms with Crippen LogP contribution in [0.3, 0.4) is 0 Å². The Morgan fingerprint density at radius 1 is 1.12 bits per heavy atom. The summed E-state index contributed by atoms with van der Waals surface area (Å²) < 4.78 is 51.3. The molecule has 0 fully saturated rings. The first-order valence-electron chi connectivity index (χ1n) is 7.47. The lowest BCUT2D eigenvalue weighted by molar-refractivity contribution is -0.140. The van der Waals surface area contributed by atoms with Gasteiger partial charge in [-0.25, -0.2) is 4.39 Å². The molecule has 9 heteroatoms. The Bertz CT molecular complexity index is 807. The van der Waals surface area contributed by atoms with Gasteiger partial charge in [0.2, 0.25) is 5.91 Å². The molecule has 0 bridgehead atoms. The van der Waals surface area contributed by atoms with E-state index < -0.39 is 23.5 Å². The number of benzene rings is 2. The van der Waals surface area contributed by atoms with Crippen LogP contribution >= 0.6 is 12.2 Å². The summed E-state index contributed by atoms with van der Waals surface area (Å²) in [6, 6.07) is 9.18. The van der Waals surface area contributed by atoms with Gasteiger partial charge in [0.05, 0.1) is 5.56 Å². The van der Waals surface area contributed by atoms with Gasteiger partial charge >= 0.3 is 6.18 Å². The van der Waals surface area contributed by atoms with Crippen molar-refractivity contribution in [2.24, 2.45) is 5.73 Å². The molecule has 0 heterocycles. The van der Waals surface area contributed by atoms with Gasteiger partial charge in [-0.1, -0.05) is 6.07 Å². The molecule has 0 atom stereocenters. The number of primary amides is 1. The maximum atomic E-state index is 13.2. The summed E-state index contributed by atoms with van der Waals surface area (Å²) in [5.74, 6) is -1.85. The molecule has 0 saturated heterocycles. The van der Waals surface area contributed by atoms with E-state index in [4.69, 9.17) is 18.0 Å². The highest BCUT2D eigenvalue weighted by molar-refractivity contribution is 7.80. The Kier molecular flexibility index (Phi) is 6.14. The molecule has 0 spiro atoms. The van der Waals surface area contributed by atoms with E-state index in [-0.39, 0.29) is 18.1 Å². The van der Waals surface area contributed by atoms with Gasteiger partial charge in [0.15, 0.2) is 5.11 Å². The zero-order valence-corrected chi connectivity index (χ0v) is 14.2. The number of anilines is 1. The van der Waals surface area contributed by atoms with Crippen molar-refractivity contribution in [2.75, 3.05) is 11.9 Å². The van der Waals surface area contributed by atoms with Crippen LogP contribution in [0.4, 0.5) is 23.2 Å². The van der Waals surface area contributed by atoms with Crippen molar-refractivity contribution in [3.63, 3.8) is 0 Å². The lowest BCUT2D eigenvalue weighted by atomic mass is 10.1. The van der Waals surface area contributed by atoms with Crippen molar-refractivity contribution >= 4 is 28.9 Å². The predicted molar refractivity (Wildman–Crippen MR) is 94.3 cm³/mol. The summed E-state index contributed by atoms with van der Waals surface area (Å²) in [5.41, 5.74) is 5.16. The van der Waals surface area contributed by atoms with Crippen molar-refractivity contribution in [1.82, 2.24) is 5.32 Å². The number of nitrogens with one attached hydrogen (secondary N) is 2. The van der Waals surface area contributed by atoms with Crippen LogP contribution in [0.2, 0.25) is 0 Å². The van der Waals surface area contributed by atoms with Gasteiger partial charge in [-0.2, -0.15) is 13.2 Å². The zero-order valence-electron chi connectivity index (χ0n) is 13.4. The van der Waals surface area contributed by atoms with Crippen LogP contribution in [0, 0.1) is 5.82 Å². The number of rotatable bonds is 5. The number of nitrogens with two attached hydrogens (primary N) is 1. The third-order valence-corrected chi connectivity index (χ3v) is 3.71. The minimum absolute atomic E-state index is 0.228. The Morgan fingerprint density at radius 3 is 2.35 bits per heavy atom. The quantitative estimate of drug-likeness (QED) is 0.545. The number of hydrogen-bond acceptors (Lipinski definition) is 2. The fraction of sp³-hybridized carbons (Fsp3) is 0.176. The van der Waals surface area contributed by atoms with Gasteiger partial charge in [-0.15, -0.1) is 0 Å². The first-order chi connectivity index (χ1) is 12.2. The van der Waals surface area contributed by atoms with Crippen molar-refractivity contribution in [3.8, 4) is 0 Å². The molecule has 4 N–H and O–H groups in total. The van der Waals surface area contributed by atoms with E-state index in [0.717, 1.165) is 12.1 Å². The van der Waals surface area contributed by atoms with E-state index >= 15 is 0 Å². The first-order valence-corrected chi connectivity index (χ1v) is 7.88. The third kappa shape index (κ3) is 5.41. The molecule has 0 aromatic heterocycles. The predicted octanol–water partition coefficient (Wildman–Crippen LogP) is 3.47. The number of hydrogen-bond donors (Lipinski definition) is 3. The normalized spacial score (nSPS) is 11.1. The number of carbonyl (C=O) groups is 1. The summed E-state index contributed by atoms with van der Waals surface area (Å²) in [6.07, 6.45) is -4.51. The Balaban J connectivity index is 1.87. The Morgan fingerprint density at radius 2 is 1.77 bits per heavy atom. The summed E-state index contributed by atoms with van der Waals surface area (Å²) >= 11 is 5.09. The van der Waals surface area contributed by atoms with E-state index in [9.17, 15) is 22.4 Å². The molecule has 4 nitrogen and oxygen atoms in total. The first kappa shape index (κ1) is 19.6. The largest absolute Gasteiger partial charge is 0.419 e. The second kappa shape index (κ2) is 8.13. The number of halogens is 4. The molecule has 2 aromatic carbocycles. The van der Waals surface area contributed by atoms with Gasteiger partial charge in [0.25, 0.3) is 0 Å². The molecule has 0 saturated carbocycles. The Hall–Kier alpha value is -2.68. The lowest BCUT2D eigenvalue weighted by Crippen LogP contribution is -2.30. The van der Waals surface area contributed by atoms with Crippen molar-refractivity contribution in [2.45, 2.75) is 12.6 Å². The summed E-state index contributed by atoms with van der Waals surface area (Å²) in [5, 5.41) is 5.97. The molecular formula is C17H15F4N3OS. The van der Waals surface area contributed by atoms with Gasteiger partial charge in [-0.05, 0) is 60.6 Å². The van der Waals surface area contributed by atoms with Crippen LogP contribution in [0.15, 0.2) is 42.5 Å². The fourth-order valence-corrected chi connectivity index (χ4v) is 2.38. The third-order valence-electron chi connectivity index (χ3n) is 3.46. The van der Waals surface area contributed by atoms with Crippen molar-refractivity contribution in [1.29, 1.82) is 0 Å². The molecule has 0 radical (unpaired) electrons. The number of alkyl halides is 3. The maximum Gasteiger partial charge on any atom is 0.419 e. The van der Waals surface area contributed by atoms with Crippen LogP contribution in [0.1, 0.15) is 21.5 Å². The highest BCUT2D eigenvalue weighted by atomic mass is 32.1. The Labute approximate surface area is 152 Å². The van der Waals surface area contributed by atoms with Crippen LogP contribution in [0.25, 0.3) is 0 Å². The minimum atomic E-state index is -4.73. The molecule has 1 amide bonds. The fourth-order valence-electron chi connectivity index (χ4n) is 2.16. The second-order valence-electron chi connectivity index (χ2n) is 5.38. The van der Waals surface area contributed by atoms with Crippen LogP contribution in [-0.2, 0) is 12.6 Å². The molecular weight excluding hydrogens is 370 g/mol. The van der Waals surface area contributed by atoms with Crippen LogP contribution in [0.5, 0.6) is 0 Å². The van der Waals surface area contributed by atoms with Crippen molar-refractivity contribution in [3.05, 3.63) is 65.0 Å². The molecule has 2 rings (SSSR count). The standard InChI is InChI=1S/C17H15F4N3OS/c18-14-6-1-10(9-13(14)17(19,20)21)7-8-23-16(26)24-12-4-2-11(3-5-12)15(22)25/h1-6,9H,7-8H2,(H2,22,25)(H2,23,24,26). The van der Waals surface area contributed by atoms with E-state index in [1.165, 1.54) is 18.2 Å². The molecule has 26 heavy (non-hydrogen) atoms. The van der Waals surface area contributed by atoms with E-state index in [1.54, 1.807) is 12.1 Å². The highest BCUT2D eigenvalue weighted by Gasteiger charge is 2.34. The minimum Gasteiger partial charge on any atom is -0.366 e. The number of carbonyl (C=O) groups excluding carboxylic acids is 1. The molecule has 0 aliphatic heterocycles.